The number of halogens is 1. The van der Waals surface area contributed by atoms with Gasteiger partial charge in [0.05, 0.1) is 11.6 Å². The van der Waals surface area contributed by atoms with Crippen LogP contribution in [0.3, 0.4) is 0 Å². The zero-order chi connectivity index (χ0) is 17.2. The number of piperidine rings is 1. The summed E-state index contributed by atoms with van der Waals surface area (Å²) in [4.78, 5) is 12.8. The number of nitrogens with one attached hydrogen (secondary N) is 2. The van der Waals surface area contributed by atoms with Crippen LogP contribution in [0.5, 0.6) is 0 Å². The van der Waals surface area contributed by atoms with Crippen LogP contribution in [0.15, 0.2) is 48.5 Å². The molecule has 5 heteroatoms. The number of benzene rings is 2. The summed E-state index contributed by atoms with van der Waals surface area (Å²) < 4.78 is 13.5. The number of β-amino-alcohol motifs (C(OH)–C–C–N with tert-alkyl or cyclic N) is 1. The first kappa shape index (κ1) is 16.6. The topological polar surface area (TPSA) is 61.4 Å². The van der Waals surface area contributed by atoms with E-state index in [1.807, 2.05) is 30.3 Å². The highest BCUT2D eigenvalue weighted by Gasteiger charge is 2.43. The molecule has 1 aliphatic rings. The molecule has 2 aromatic rings. The smallest absolute Gasteiger partial charge is 0.252 e. The highest BCUT2D eigenvalue weighted by Crippen LogP contribution is 2.31. The van der Waals surface area contributed by atoms with Gasteiger partial charge in [0.2, 0.25) is 0 Å². The van der Waals surface area contributed by atoms with Crippen LogP contribution in [0.2, 0.25) is 0 Å². The molecule has 1 aliphatic heterocycles. The quantitative estimate of drug-likeness (QED) is 0.809. The van der Waals surface area contributed by atoms with Gasteiger partial charge in [-0.1, -0.05) is 36.4 Å². The lowest BCUT2D eigenvalue weighted by atomic mass is 9.79. The van der Waals surface area contributed by atoms with Gasteiger partial charge in [0.15, 0.2) is 0 Å². The Labute approximate surface area is 140 Å². The number of carbonyl (C=O) groups excluding carboxylic acids is 1. The summed E-state index contributed by atoms with van der Waals surface area (Å²) in [7, 11) is 0. The second kappa shape index (κ2) is 6.71. The summed E-state index contributed by atoms with van der Waals surface area (Å²) in [5.41, 5.74) is 0.945. The molecule has 0 spiro atoms. The molecule has 0 bridgehead atoms. The summed E-state index contributed by atoms with van der Waals surface area (Å²) in [5, 5.41) is 16.8. The third kappa shape index (κ3) is 3.05. The molecule has 1 fully saturated rings. The molecular weight excluding hydrogens is 307 g/mol. The van der Waals surface area contributed by atoms with E-state index in [0.29, 0.717) is 25.1 Å². The van der Waals surface area contributed by atoms with Crippen molar-refractivity contribution in [2.45, 2.75) is 25.0 Å². The van der Waals surface area contributed by atoms with Crippen molar-refractivity contribution < 1.29 is 14.3 Å². The Morgan fingerprint density at radius 2 is 2.04 bits per heavy atom. The molecule has 0 aromatic heterocycles. The lowest BCUT2D eigenvalue weighted by molar-refractivity contribution is 0.0289. The highest BCUT2D eigenvalue weighted by molar-refractivity contribution is 5.96. The van der Waals surface area contributed by atoms with Crippen molar-refractivity contribution >= 4 is 5.91 Å². The Hall–Kier alpha value is -2.24. The van der Waals surface area contributed by atoms with Crippen LogP contribution in [0.1, 0.15) is 27.9 Å². The van der Waals surface area contributed by atoms with Crippen LogP contribution < -0.4 is 10.6 Å². The van der Waals surface area contributed by atoms with Gasteiger partial charge >= 0.3 is 0 Å². The minimum atomic E-state index is -0.887. The van der Waals surface area contributed by atoms with Crippen LogP contribution in [-0.2, 0) is 5.54 Å². The van der Waals surface area contributed by atoms with Crippen LogP contribution in [-0.4, -0.2) is 30.2 Å². The van der Waals surface area contributed by atoms with Crippen molar-refractivity contribution in [2.24, 2.45) is 0 Å². The average molecular weight is 328 g/mol. The molecule has 0 unspecified atom stereocenters. The number of carbonyl (C=O) groups is 1. The average Bonchev–Trinajstić information content (AvgIpc) is 2.60. The fraction of sp³-hybridized carbons (Fsp3) is 0.316. The maximum absolute atomic E-state index is 13.5. The van der Waals surface area contributed by atoms with Crippen molar-refractivity contribution in [1.29, 1.82) is 0 Å². The molecule has 2 aromatic carbocycles. The maximum atomic E-state index is 13.5. The predicted octanol–water partition coefficient (Wildman–Crippen LogP) is 2.11. The van der Waals surface area contributed by atoms with E-state index in [0.717, 1.165) is 5.56 Å². The standard InChI is InChI=1S/C19H21FN2O2/c1-13-7-8-15(20)11-16(13)18(24)22-19(9-10-21-12-17(19)23)14-5-3-2-4-6-14/h2-8,11,17,21,23H,9-10,12H2,1H3,(H,22,24)/t17-,19+/m1/s1. The predicted molar refractivity (Wildman–Crippen MR) is 90.2 cm³/mol. The van der Waals surface area contributed by atoms with Crippen molar-refractivity contribution in [3.63, 3.8) is 0 Å². The Morgan fingerprint density at radius 3 is 2.75 bits per heavy atom. The highest BCUT2D eigenvalue weighted by atomic mass is 19.1. The molecule has 3 rings (SSSR count). The molecule has 0 saturated carbocycles. The van der Waals surface area contributed by atoms with Gasteiger partial charge in [-0.25, -0.2) is 4.39 Å². The van der Waals surface area contributed by atoms with Gasteiger partial charge in [-0.15, -0.1) is 0 Å². The lowest BCUT2D eigenvalue weighted by Gasteiger charge is -2.43. The van der Waals surface area contributed by atoms with E-state index in [4.69, 9.17) is 0 Å². The van der Waals surface area contributed by atoms with Crippen molar-refractivity contribution in [1.82, 2.24) is 10.6 Å². The van der Waals surface area contributed by atoms with E-state index in [-0.39, 0.29) is 11.5 Å². The molecule has 3 N–H and O–H groups in total. The normalized spacial score (nSPS) is 23.7. The van der Waals surface area contributed by atoms with Gasteiger partial charge in [-0.2, -0.15) is 0 Å². The minimum absolute atomic E-state index is 0.288. The lowest BCUT2D eigenvalue weighted by Crippen LogP contribution is -2.61. The first-order chi connectivity index (χ1) is 11.5. The van der Waals surface area contributed by atoms with E-state index in [1.54, 1.807) is 13.0 Å². The Bertz CT molecular complexity index is 735. The summed E-state index contributed by atoms with van der Waals surface area (Å²) >= 11 is 0. The molecular formula is C19H21FN2O2. The SMILES string of the molecule is Cc1ccc(F)cc1C(=O)N[C@]1(c2ccccc2)CCNC[C@H]1O. The summed E-state index contributed by atoms with van der Waals surface area (Å²) in [6.45, 7) is 2.83. The zero-order valence-electron chi connectivity index (χ0n) is 13.6. The molecule has 0 aliphatic carbocycles. The van der Waals surface area contributed by atoms with E-state index < -0.39 is 17.5 Å². The Kier molecular flexibility index (Phi) is 4.64. The molecule has 0 radical (unpaired) electrons. The van der Waals surface area contributed by atoms with Gasteiger partial charge < -0.3 is 15.7 Å². The molecule has 1 heterocycles. The summed E-state index contributed by atoms with van der Waals surface area (Å²) in [6, 6.07) is 13.6. The van der Waals surface area contributed by atoms with Gasteiger partial charge in [-0.3, -0.25) is 4.79 Å². The Balaban J connectivity index is 1.98. The van der Waals surface area contributed by atoms with E-state index >= 15 is 0 Å². The van der Waals surface area contributed by atoms with Crippen LogP contribution in [0.4, 0.5) is 4.39 Å². The number of amides is 1. The van der Waals surface area contributed by atoms with E-state index in [2.05, 4.69) is 10.6 Å². The molecule has 24 heavy (non-hydrogen) atoms. The molecule has 4 nitrogen and oxygen atoms in total. The minimum Gasteiger partial charge on any atom is -0.389 e. The maximum Gasteiger partial charge on any atom is 0.252 e. The van der Waals surface area contributed by atoms with Gasteiger partial charge in [0, 0.05) is 12.1 Å². The fourth-order valence-electron chi connectivity index (χ4n) is 3.26. The van der Waals surface area contributed by atoms with E-state index in [1.165, 1.54) is 12.1 Å². The number of hydrogen-bond donors (Lipinski definition) is 3. The van der Waals surface area contributed by atoms with E-state index in [9.17, 15) is 14.3 Å². The Morgan fingerprint density at radius 1 is 1.29 bits per heavy atom. The second-order valence-corrected chi connectivity index (χ2v) is 6.22. The number of rotatable bonds is 3. The van der Waals surface area contributed by atoms with Crippen molar-refractivity contribution in [3.8, 4) is 0 Å². The largest absolute Gasteiger partial charge is 0.389 e. The van der Waals surface area contributed by atoms with Gasteiger partial charge in [0.25, 0.3) is 5.91 Å². The second-order valence-electron chi connectivity index (χ2n) is 6.22. The van der Waals surface area contributed by atoms with Crippen LogP contribution >= 0.6 is 0 Å². The van der Waals surface area contributed by atoms with Gasteiger partial charge in [-0.05, 0) is 43.1 Å². The van der Waals surface area contributed by atoms with Crippen molar-refractivity contribution in [3.05, 3.63) is 71.0 Å². The summed E-state index contributed by atoms with van der Waals surface area (Å²) in [5.74, 6) is -0.831. The number of aliphatic hydroxyl groups is 1. The first-order valence-corrected chi connectivity index (χ1v) is 8.06. The third-order valence-electron chi connectivity index (χ3n) is 4.67. The summed E-state index contributed by atoms with van der Waals surface area (Å²) in [6.07, 6.45) is -0.218. The van der Waals surface area contributed by atoms with Crippen LogP contribution in [0.25, 0.3) is 0 Å². The fourth-order valence-corrected chi connectivity index (χ4v) is 3.26. The molecule has 2 atom stereocenters. The van der Waals surface area contributed by atoms with Gasteiger partial charge in [0.1, 0.15) is 5.82 Å². The first-order valence-electron chi connectivity index (χ1n) is 8.06. The van der Waals surface area contributed by atoms with Crippen LogP contribution in [0, 0.1) is 12.7 Å². The zero-order valence-corrected chi connectivity index (χ0v) is 13.6. The monoisotopic (exact) mass is 328 g/mol. The molecule has 1 saturated heterocycles. The third-order valence-corrected chi connectivity index (χ3v) is 4.67. The molecule has 1 amide bonds. The molecule has 126 valence electrons. The number of hydrogen-bond acceptors (Lipinski definition) is 3. The number of aliphatic hydroxyl groups excluding tert-OH is 1. The number of aryl methyl sites for hydroxylation is 1. The van der Waals surface area contributed by atoms with Crippen molar-refractivity contribution in [2.75, 3.05) is 13.1 Å².